The van der Waals surface area contributed by atoms with Crippen molar-refractivity contribution in [1.29, 1.82) is 5.26 Å². The Kier molecular flexibility index (Phi) is 7.07. The summed E-state index contributed by atoms with van der Waals surface area (Å²) in [6, 6.07) is 5.67. The van der Waals surface area contributed by atoms with Crippen LogP contribution in [0.3, 0.4) is 0 Å². The maximum Gasteiger partial charge on any atom is 0.330 e. The number of H-pyrrole nitrogens is 1. The maximum atomic E-state index is 11.6. The van der Waals surface area contributed by atoms with E-state index in [1.807, 2.05) is 0 Å². The van der Waals surface area contributed by atoms with Crippen LogP contribution in [0.15, 0.2) is 18.2 Å². The Morgan fingerprint density at radius 2 is 1.89 bits per heavy atom. The molecule has 1 heterocycles. The fourth-order valence-corrected chi connectivity index (χ4v) is 2.98. The molecule has 0 bridgehead atoms. The zero-order chi connectivity index (χ0) is 20.7. The summed E-state index contributed by atoms with van der Waals surface area (Å²) in [5.41, 5.74) is 8.70. The summed E-state index contributed by atoms with van der Waals surface area (Å²) < 4.78 is 21.1. The predicted octanol–water partition coefficient (Wildman–Crippen LogP) is 2.27. The van der Waals surface area contributed by atoms with Gasteiger partial charge in [-0.3, -0.25) is 0 Å². The van der Waals surface area contributed by atoms with Crippen LogP contribution in [0.4, 0.5) is 0 Å². The van der Waals surface area contributed by atoms with E-state index in [-0.39, 0.29) is 0 Å². The van der Waals surface area contributed by atoms with Crippen LogP contribution in [-0.2, 0) is 16.0 Å². The monoisotopic (exact) mass is 385 g/mol. The highest BCUT2D eigenvalue weighted by molar-refractivity contribution is 5.92. The summed E-state index contributed by atoms with van der Waals surface area (Å²) in [5, 5.41) is 9.56. The first-order chi connectivity index (χ1) is 13.6. The highest BCUT2D eigenvalue weighted by atomic mass is 16.5. The molecule has 8 nitrogen and oxygen atoms in total. The molecule has 2 rings (SSSR count). The smallest absolute Gasteiger partial charge is 0.330 e. The second kappa shape index (κ2) is 9.48. The first-order valence-corrected chi connectivity index (χ1v) is 8.46. The van der Waals surface area contributed by atoms with Crippen LogP contribution in [0.2, 0.25) is 0 Å². The van der Waals surface area contributed by atoms with Gasteiger partial charge in [0, 0.05) is 34.9 Å². The van der Waals surface area contributed by atoms with E-state index in [2.05, 4.69) is 15.8 Å². The average molecular weight is 385 g/mol. The molecule has 1 aromatic heterocycles. The third-order valence-corrected chi connectivity index (χ3v) is 4.18. The van der Waals surface area contributed by atoms with E-state index in [0.29, 0.717) is 52.6 Å². The first-order valence-electron chi connectivity index (χ1n) is 8.46. The minimum absolute atomic E-state index is 0.301. The molecular formula is C20H23N3O5. The summed E-state index contributed by atoms with van der Waals surface area (Å²) in [6.07, 6.45) is 3.28. The maximum absolute atomic E-state index is 11.6. The van der Waals surface area contributed by atoms with E-state index in [9.17, 15) is 10.1 Å². The highest BCUT2D eigenvalue weighted by Crippen LogP contribution is 2.46. The van der Waals surface area contributed by atoms with Gasteiger partial charge < -0.3 is 29.7 Å². The second-order valence-electron chi connectivity index (χ2n) is 5.66. The average Bonchev–Trinajstić information content (AvgIpc) is 3.07. The van der Waals surface area contributed by atoms with E-state index in [1.54, 1.807) is 12.1 Å². The Morgan fingerprint density at radius 3 is 2.43 bits per heavy atom. The molecule has 8 heteroatoms. The predicted molar refractivity (Wildman–Crippen MR) is 104 cm³/mol. The third kappa shape index (κ3) is 3.94. The van der Waals surface area contributed by atoms with Gasteiger partial charge in [0.05, 0.1) is 28.4 Å². The molecule has 0 aliphatic heterocycles. The quantitative estimate of drug-likeness (QED) is 0.528. The molecule has 3 N–H and O–H groups in total. The minimum Gasteiger partial charge on any atom is -0.493 e. The van der Waals surface area contributed by atoms with Crippen molar-refractivity contribution in [3.63, 3.8) is 0 Å². The van der Waals surface area contributed by atoms with Crippen LogP contribution >= 0.6 is 0 Å². The van der Waals surface area contributed by atoms with Crippen LogP contribution in [0.1, 0.15) is 17.0 Å². The van der Waals surface area contributed by atoms with E-state index < -0.39 is 5.97 Å². The molecule has 28 heavy (non-hydrogen) atoms. The molecule has 0 fully saturated rings. The molecule has 0 unspecified atom stereocenters. The van der Waals surface area contributed by atoms with Crippen molar-refractivity contribution in [2.75, 3.05) is 35.0 Å². The van der Waals surface area contributed by atoms with Crippen molar-refractivity contribution in [2.45, 2.75) is 6.42 Å². The van der Waals surface area contributed by atoms with Crippen LogP contribution in [0.25, 0.3) is 17.2 Å². The molecule has 0 spiro atoms. The number of benzene rings is 1. The number of nitriles is 1. The second-order valence-corrected chi connectivity index (χ2v) is 5.66. The van der Waals surface area contributed by atoms with Crippen molar-refractivity contribution in [1.82, 2.24) is 4.98 Å². The number of hydrogen-bond donors (Lipinski definition) is 2. The van der Waals surface area contributed by atoms with Gasteiger partial charge in [-0.25, -0.2) is 4.79 Å². The third-order valence-electron chi connectivity index (χ3n) is 4.18. The normalized spacial score (nSPS) is 10.6. The molecule has 1 aromatic carbocycles. The standard InChI is InChI=1S/C20H23N3O5/c1-25-16-7-5-13(19(27-3)20(16)28-4)18-12(6-8-17(24)26-2)15(11-22)23-14(18)9-10-21/h5-8,23H,9-10,21H2,1-4H3. The fraction of sp³-hybridized carbons (Fsp3) is 0.300. The van der Waals surface area contributed by atoms with Crippen LogP contribution in [-0.4, -0.2) is 45.9 Å². The molecule has 0 saturated carbocycles. The number of methoxy groups -OCH3 is 4. The number of aromatic nitrogens is 1. The lowest BCUT2D eigenvalue weighted by Crippen LogP contribution is -2.05. The molecule has 0 atom stereocenters. The van der Waals surface area contributed by atoms with E-state index in [1.165, 1.54) is 40.6 Å². The number of carbonyl (C=O) groups excluding carboxylic acids is 1. The Bertz CT molecular complexity index is 925. The van der Waals surface area contributed by atoms with E-state index >= 15 is 0 Å². The molecular weight excluding hydrogens is 362 g/mol. The van der Waals surface area contributed by atoms with Gasteiger partial charge in [0.1, 0.15) is 11.8 Å². The van der Waals surface area contributed by atoms with Gasteiger partial charge in [0.15, 0.2) is 11.5 Å². The molecule has 148 valence electrons. The summed E-state index contributed by atoms with van der Waals surface area (Å²) in [7, 11) is 5.85. The highest BCUT2D eigenvalue weighted by Gasteiger charge is 2.24. The van der Waals surface area contributed by atoms with Crippen LogP contribution in [0, 0.1) is 11.3 Å². The van der Waals surface area contributed by atoms with Crippen molar-refractivity contribution in [2.24, 2.45) is 5.73 Å². The molecule has 0 radical (unpaired) electrons. The van der Waals surface area contributed by atoms with Crippen molar-refractivity contribution in [3.8, 4) is 34.4 Å². The molecule has 0 aliphatic rings. The Balaban J connectivity index is 2.83. The number of nitrogens with two attached hydrogens (primary N) is 1. The number of nitrogens with one attached hydrogen (secondary N) is 1. The number of esters is 1. The van der Waals surface area contributed by atoms with Crippen LogP contribution < -0.4 is 19.9 Å². The van der Waals surface area contributed by atoms with Gasteiger partial charge in [0.2, 0.25) is 5.75 Å². The number of hydrogen-bond acceptors (Lipinski definition) is 7. The largest absolute Gasteiger partial charge is 0.493 e. The number of carbonyl (C=O) groups is 1. The topological polar surface area (TPSA) is 120 Å². The van der Waals surface area contributed by atoms with Crippen LogP contribution in [0.5, 0.6) is 17.2 Å². The van der Waals surface area contributed by atoms with Gasteiger partial charge in [-0.05, 0) is 24.8 Å². The van der Waals surface area contributed by atoms with E-state index in [0.717, 1.165) is 5.69 Å². The molecule has 0 saturated heterocycles. The molecule has 0 aliphatic carbocycles. The number of ether oxygens (including phenoxy) is 4. The van der Waals surface area contributed by atoms with Gasteiger partial charge in [-0.1, -0.05) is 0 Å². The Morgan fingerprint density at radius 1 is 1.18 bits per heavy atom. The number of aromatic amines is 1. The zero-order valence-electron chi connectivity index (χ0n) is 16.3. The Labute approximate surface area is 163 Å². The summed E-state index contributed by atoms with van der Waals surface area (Å²) >= 11 is 0. The van der Waals surface area contributed by atoms with Gasteiger partial charge in [-0.2, -0.15) is 5.26 Å². The van der Waals surface area contributed by atoms with Gasteiger partial charge in [-0.15, -0.1) is 0 Å². The summed E-state index contributed by atoms with van der Waals surface area (Å²) in [6.45, 7) is 0.369. The lowest BCUT2D eigenvalue weighted by Gasteiger charge is -2.17. The van der Waals surface area contributed by atoms with Crippen molar-refractivity contribution in [3.05, 3.63) is 35.2 Å². The van der Waals surface area contributed by atoms with E-state index in [4.69, 9.17) is 19.9 Å². The first kappa shape index (κ1) is 20.9. The SMILES string of the molecule is COC(=O)C=Cc1c(C#N)[nH]c(CCN)c1-c1ccc(OC)c(OC)c1OC. The fourth-order valence-electron chi connectivity index (χ4n) is 2.98. The van der Waals surface area contributed by atoms with Crippen molar-refractivity contribution < 1.29 is 23.7 Å². The summed E-state index contributed by atoms with van der Waals surface area (Å²) in [5.74, 6) is 0.835. The summed E-state index contributed by atoms with van der Waals surface area (Å²) in [4.78, 5) is 14.7. The zero-order valence-corrected chi connectivity index (χ0v) is 16.3. The number of nitrogens with zero attached hydrogens (tertiary/aromatic N) is 1. The molecule has 2 aromatic rings. The lowest BCUT2D eigenvalue weighted by atomic mass is 9.97. The van der Waals surface area contributed by atoms with Crippen molar-refractivity contribution >= 4 is 12.0 Å². The van der Waals surface area contributed by atoms with Gasteiger partial charge in [0.25, 0.3) is 0 Å². The Hall–Kier alpha value is -3.44. The lowest BCUT2D eigenvalue weighted by molar-refractivity contribution is -0.134. The minimum atomic E-state index is -0.532. The number of rotatable bonds is 8. The van der Waals surface area contributed by atoms with Gasteiger partial charge >= 0.3 is 5.97 Å². The molecule has 0 amide bonds.